The fourth-order valence-electron chi connectivity index (χ4n) is 3.25. The third kappa shape index (κ3) is 2.19. The molecule has 0 radical (unpaired) electrons. The van der Waals surface area contributed by atoms with Gasteiger partial charge in [0.25, 0.3) is 0 Å². The number of rotatable bonds is 3. The van der Waals surface area contributed by atoms with E-state index in [1.54, 1.807) is 0 Å². The van der Waals surface area contributed by atoms with E-state index in [0.29, 0.717) is 6.04 Å². The Bertz CT molecular complexity index is 512. The zero-order valence-electron chi connectivity index (χ0n) is 11.4. The van der Waals surface area contributed by atoms with Gasteiger partial charge < -0.3 is 10.2 Å². The van der Waals surface area contributed by atoms with Gasteiger partial charge in [0.1, 0.15) is 11.9 Å². The summed E-state index contributed by atoms with van der Waals surface area (Å²) in [5.41, 5.74) is 3.23. The van der Waals surface area contributed by atoms with Gasteiger partial charge in [0.05, 0.1) is 5.56 Å². The summed E-state index contributed by atoms with van der Waals surface area (Å²) in [7, 11) is 0. The SMILES string of the molecule is CCN(c1nc2c(cc1C#N)CCC2)C1CCNC1. The molecule has 2 aliphatic rings. The summed E-state index contributed by atoms with van der Waals surface area (Å²) < 4.78 is 0. The Morgan fingerprint density at radius 1 is 1.53 bits per heavy atom. The van der Waals surface area contributed by atoms with Crippen molar-refractivity contribution in [3.05, 3.63) is 22.9 Å². The number of anilines is 1. The first kappa shape index (κ1) is 12.4. The number of hydrogen-bond acceptors (Lipinski definition) is 4. The van der Waals surface area contributed by atoms with Crippen molar-refractivity contribution in [1.29, 1.82) is 5.26 Å². The van der Waals surface area contributed by atoms with Crippen LogP contribution in [0, 0.1) is 11.3 Å². The van der Waals surface area contributed by atoms with Crippen LogP contribution in [0.3, 0.4) is 0 Å². The summed E-state index contributed by atoms with van der Waals surface area (Å²) in [6, 6.07) is 4.88. The Balaban J connectivity index is 2.00. The second kappa shape index (κ2) is 5.18. The molecular formula is C15H20N4. The van der Waals surface area contributed by atoms with Gasteiger partial charge in [-0.25, -0.2) is 4.98 Å². The maximum Gasteiger partial charge on any atom is 0.147 e. The number of nitriles is 1. The van der Waals surface area contributed by atoms with Crippen LogP contribution in [-0.4, -0.2) is 30.7 Å². The number of pyridine rings is 1. The maximum atomic E-state index is 9.40. The second-order valence-electron chi connectivity index (χ2n) is 5.36. The molecule has 1 aliphatic carbocycles. The van der Waals surface area contributed by atoms with E-state index in [0.717, 1.165) is 50.3 Å². The third-order valence-corrected chi connectivity index (χ3v) is 4.24. The number of likely N-dealkylation sites (N-methyl/N-ethyl adjacent to an activating group) is 1. The first-order valence-electron chi connectivity index (χ1n) is 7.23. The van der Waals surface area contributed by atoms with E-state index >= 15 is 0 Å². The Morgan fingerprint density at radius 3 is 3.11 bits per heavy atom. The van der Waals surface area contributed by atoms with Crippen LogP contribution in [0.2, 0.25) is 0 Å². The molecule has 3 rings (SSSR count). The zero-order chi connectivity index (χ0) is 13.2. The van der Waals surface area contributed by atoms with Crippen LogP contribution in [0.4, 0.5) is 5.82 Å². The fourth-order valence-corrected chi connectivity index (χ4v) is 3.25. The molecule has 1 N–H and O–H groups in total. The first-order valence-corrected chi connectivity index (χ1v) is 7.23. The van der Waals surface area contributed by atoms with Crippen molar-refractivity contribution in [2.45, 2.75) is 38.6 Å². The highest BCUT2D eigenvalue weighted by Crippen LogP contribution is 2.28. The summed E-state index contributed by atoms with van der Waals surface area (Å²) in [5.74, 6) is 0.902. The highest BCUT2D eigenvalue weighted by molar-refractivity contribution is 5.57. The predicted molar refractivity (Wildman–Crippen MR) is 75.3 cm³/mol. The van der Waals surface area contributed by atoms with Gasteiger partial charge in [-0.05, 0) is 50.8 Å². The molecule has 4 nitrogen and oxygen atoms in total. The van der Waals surface area contributed by atoms with Crippen molar-refractivity contribution in [2.24, 2.45) is 0 Å². The molecule has 1 saturated heterocycles. The molecular weight excluding hydrogens is 236 g/mol. The maximum absolute atomic E-state index is 9.40. The normalized spacial score (nSPS) is 21.2. The monoisotopic (exact) mass is 256 g/mol. The smallest absolute Gasteiger partial charge is 0.147 e. The van der Waals surface area contributed by atoms with Crippen molar-refractivity contribution < 1.29 is 0 Å². The molecule has 1 unspecified atom stereocenters. The van der Waals surface area contributed by atoms with Gasteiger partial charge in [0.15, 0.2) is 0 Å². The highest BCUT2D eigenvalue weighted by Gasteiger charge is 2.26. The van der Waals surface area contributed by atoms with Crippen molar-refractivity contribution in [2.75, 3.05) is 24.5 Å². The highest BCUT2D eigenvalue weighted by atomic mass is 15.2. The van der Waals surface area contributed by atoms with Crippen molar-refractivity contribution in [3.8, 4) is 6.07 Å². The molecule has 0 aromatic carbocycles. The minimum Gasteiger partial charge on any atom is -0.351 e. The molecule has 0 spiro atoms. The molecule has 1 fully saturated rings. The van der Waals surface area contributed by atoms with Gasteiger partial charge in [-0.3, -0.25) is 0 Å². The number of nitrogens with zero attached hydrogens (tertiary/aromatic N) is 3. The molecule has 0 saturated carbocycles. The van der Waals surface area contributed by atoms with Crippen LogP contribution < -0.4 is 10.2 Å². The van der Waals surface area contributed by atoms with Gasteiger partial charge in [0.2, 0.25) is 0 Å². The number of hydrogen-bond donors (Lipinski definition) is 1. The van der Waals surface area contributed by atoms with Crippen molar-refractivity contribution in [1.82, 2.24) is 10.3 Å². The Morgan fingerprint density at radius 2 is 2.42 bits per heavy atom. The fraction of sp³-hybridized carbons (Fsp3) is 0.600. The Kier molecular flexibility index (Phi) is 3.39. The molecule has 1 aromatic heterocycles. The lowest BCUT2D eigenvalue weighted by molar-refractivity contribution is 0.638. The summed E-state index contributed by atoms with van der Waals surface area (Å²) in [5, 5.41) is 12.8. The van der Waals surface area contributed by atoms with E-state index in [9.17, 15) is 5.26 Å². The molecule has 1 aliphatic heterocycles. The van der Waals surface area contributed by atoms with Crippen LogP contribution in [0.15, 0.2) is 6.07 Å². The number of aryl methyl sites for hydroxylation is 2. The lowest BCUT2D eigenvalue weighted by Gasteiger charge is -2.29. The van der Waals surface area contributed by atoms with Crippen LogP contribution in [0.25, 0.3) is 0 Å². The minimum absolute atomic E-state index is 0.476. The molecule has 19 heavy (non-hydrogen) atoms. The van der Waals surface area contributed by atoms with E-state index in [-0.39, 0.29) is 0 Å². The molecule has 0 bridgehead atoms. The van der Waals surface area contributed by atoms with E-state index < -0.39 is 0 Å². The van der Waals surface area contributed by atoms with Crippen LogP contribution >= 0.6 is 0 Å². The lowest BCUT2D eigenvalue weighted by atomic mass is 10.1. The van der Waals surface area contributed by atoms with Gasteiger partial charge in [0, 0.05) is 24.8 Å². The van der Waals surface area contributed by atoms with E-state index in [1.807, 2.05) is 0 Å². The van der Waals surface area contributed by atoms with Crippen LogP contribution in [-0.2, 0) is 12.8 Å². The standard InChI is InChI=1S/C15H20N4/c1-2-19(13-6-7-17-10-13)15-12(9-16)8-11-4-3-5-14(11)18-15/h8,13,17H,2-7,10H2,1H3. The molecule has 4 heteroatoms. The summed E-state index contributed by atoms with van der Waals surface area (Å²) in [6.07, 6.45) is 4.45. The van der Waals surface area contributed by atoms with Crippen LogP contribution in [0.5, 0.6) is 0 Å². The van der Waals surface area contributed by atoms with E-state index in [1.165, 1.54) is 17.7 Å². The van der Waals surface area contributed by atoms with Crippen LogP contribution in [0.1, 0.15) is 36.6 Å². The summed E-state index contributed by atoms with van der Waals surface area (Å²) in [6.45, 7) is 5.12. The van der Waals surface area contributed by atoms with Gasteiger partial charge >= 0.3 is 0 Å². The number of nitrogens with one attached hydrogen (secondary N) is 1. The van der Waals surface area contributed by atoms with Crippen molar-refractivity contribution >= 4 is 5.82 Å². The topological polar surface area (TPSA) is 52.0 Å². The van der Waals surface area contributed by atoms with Gasteiger partial charge in [-0.1, -0.05) is 0 Å². The third-order valence-electron chi connectivity index (χ3n) is 4.24. The van der Waals surface area contributed by atoms with Gasteiger partial charge in [-0.15, -0.1) is 0 Å². The molecule has 0 amide bonds. The second-order valence-corrected chi connectivity index (χ2v) is 5.36. The van der Waals surface area contributed by atoms with E-state index in [4.69, 9.17) is 4.98 Å². The van der Waals surface area contributed by atoms with E-state index in [2.05, 4.69) is 29.3 Å². The molecule has 1 atom stereocenters. The quantitative estimate of drug-likeness (QED) is 0.893. The first-order chi connectivity index (χ1) is 9.33. The Labute approximate surface area is 114 Å². The lowest BCUT2D eigenvalue weighted by Crippen LogP contribution is -2.38. The summed E-state index contributed by atoms with van der Waals surface area (Å²) in [4.78, 5) is 7.12. The largest absolute Gasteiger partial charge is 0.351 e. The number of fused-ring (bicyclic) bond motifs is 1. The van der Waals surface area contributed by atoms with Crippen molar-refractivity contribution in [3.63, 3.8) is 0 Å². The summed E-state index contributed by atoms with van der Waals surface area (Å²) >= 11 is 0. The van der Waals surface area contributed by atoms with Gasteiger partial charge in [-0.2, -0.15) is 5.26 Å². The number of aromatic nitrogens is 1. The minimum atomic E-state index is 0.476. The predicted octanol–water partition coefficient (Wildman–Crippen LogP) is 1.63. The molecule has 1 aromatic rings. The molecule has 2 heterocycles. The zero-order valence-corrected chi connectivity index (χ0v) is 11.4. The average molecular weight is 256 g/mol. The molecule has 100 valence electrons. The Hall–Kier alpha value is -1.60. The average Bonchev–Trinajstić information content (AvgIpc) is 3.09.